The summed E-state index contributed by atoms with van der Waals surface area (Å²) in [5.74, 6) is 0.0270. The molecule has 0 saturated heterocycles. The molecule has 0 heterocycles. The van der Waals surface area contributed by atoms with E-state index in [9.17, 15) is 4.39 Å². The van der Waals surface area contributed by atoms with E-state index in [1.54, 1.807) is 12.1 Å². The van der Waals surface area contributed by atoms with Gasteiger partial charge in [0.05, 0.1) is 0 Å². The summed E-state index contributed by atoms with van der Waals surface area (Å²) in [5.41, 5.74) is 8.34. The first-order valence-electron chi connectivity index (χ1n) is 6.32. The maximum absolute atomic E-state index is 13.3. The molecule has 0 aromatic heterocycles. The Balaban J connectivity index is 2.12. The summed E-state index contributed by atoms with van der Waals surface area (Å²) in [6.45, 7) is 2.09. The summed E-state index contributed by atoms with van der Waals surface area (Å²) in [6, 6.07) is 14.7. The van der Waals surface area contributed by atoms with Crippen LogP contribution in [0.25, 0.3) is 0 Å². The van der Waals surface area contributed by atoms with Gasteiger partial charge in [0.2, 0.25) is 0 Å². The number of halogens is 2. The number of hydrogen-bond acceptors (Lipinski definition) is 1. The van der Waals surface area contributed by atoms with Crippen LogP contribution in [0.1, 0.15) is 24.1 Å². The largest absolute Gasteiger partial charge is 0.324 e. The van der Waals surface area contributed by atoms with E-state index < -0.39 is 0 Å². The van der Waals surface area contributed by atoms with Gasteiger partial charge in [-0.1, -0.05) is 53.2 Å². The molecule has 2 rings (SSSR count). The van der Waals surface area contributed by atoms with Gasteiger partial charge in [0.1, 0.15) is 5.82 Å². The lowest BCUT2D eigenvalue weighted by Crippen LogP contribution is -2.21. The van der Waals surface area contributed by atoms with Crippen molar-refractivity contribution in [3.8, 4) is 0 Å². The molecule has 1 nitrogen and oxygen atoms in total. The quantitative estimate of drug-likeness (QED) is 0.883. The molecule has 100 valence electrons. The monoisotopic (exact) mass is 321 g/mol. The number of nitrogens with two attached hydrogens (primary N) is 1. The molecule has 2 unspecified atom stereocenters. The van der Waals surface area contributed by atoms with Crippen LogP contribution in [-0.4, -0.2) is 0 Å². The van der Waals surface area contributed by atoms with E-state index in [0.717, 1.165) is 22.0 Å². The summed E-state index contributed by atoms with van der Waals surface area (Å²) in [4.78, 5) is 0. The van der Waals surface area contributed by atoms with E-state index in [-0.39, 0.29) is 17.8 Å². The van der Waals surface area contributed by atoms with Crippen molar-refractivity contribution in [1.82, 2.24) is 0 Å². The van der Waals surface area contributed by atoms with Crippen LogP contribution in [-0.2, 0) is 6.42 Å². The third-order valence-electron chi connectivity index (χ3n) is 3.35. The summed E-state index contributed by atoms with van der Waals surface area (Å²) in [5, 5.41) is 0. The summed E-state index contributed by atoms with van der Waals surface area (Å²) < 4.78 is 14.2. The zero-order valence-corrected chi connectivity index (χ0v) is 12.4. The van der Waals surface area contributed by atoms with Gasteiger partial charge in [-0.15, -0.1) is 0 Å². The third kappa shape index (κ3) is 3.64. The summed E-state index contributed by atoms with van der Waals surface area (Å²) >= 11 is 3.46. The van der Waals surface area contributed by atoms with Gasteiger partial charge in [0.15, 0.2) is 0 Å². The van der Waals surface area contributed by atoms with Crippen LogP contribution < -0.4 is 5.73 Å². The lowest BCUT2D eigenvalue weighted by molar-refractivity contribution is 0.466. The zero-order chi connectivity index (χ0) is 13.8. The molecule has 0 saturated carbocycles. The van der Waals surface area contributed by atoms with Crippen molar-refractivity contribution in [1.29, 1.82) is 0 Å². The predicted molar refractivity (Wildman–Crippen MR) is 80.3 cm³/mol. The second-order valence-corrected chi connectivity index (χ2v) is 5.71. The predicted octanol–water partition coefficient (Wildman–Crippen LogP) is 4.47. The Kier molecular flexibility index (Phi) is 4.72. The fourth-order valence-electron chi connectivity index (χ4n) is 2.18. The molecule has 0 aliphatic carbocycles. The smallest absolute Gasteiger partial charge is 0.123 e. The first-order valence-corrected chi connectivity index (χ1v) is 7.11. The molecule has 0 aliphatic heterocycles. The minimum absolute atomic E-state index is 0.0450. The maximum Gasteiger partial charge on any atom is 0.123 e. The molecule has 2 aromatic carbocycles. The molecule has 19 heavy (non-hydrogen) atoms. The second kappa shape index (κ2) is 6.31. The molecule has 0 amide bonds. The lowest BCUT2D eigenvalue weighted by atomic mass is 9.90. The Bertz CT molecular complexity index is 542. The highest BCUT2D eigenvalue weighted by Crippen LogP contribution is 2.26. The molecular weight excluding hydrogens is 305 g/mol. The minimum atomic E-state index is -0.210. The van der Waals surface area contributed by atoms with E-state index in [1.165, 1.54) is 6.07 Å². The highest BCUT2D eigenvalue weighted by atomic mass is 79.9. The van der Waals surface area contributed by atoms with E-state index in [2.05, 4.69) is 22.9 Å². The first kappa shape index (κ1) is 14.2. The molecule has 2 atom stereocenters. The van der Waals surface area contributed by atoms with Gasteiger partial charge in [-0.25, -0.2) is 4.39 Å². The molecule has 0 bridgehead atoms. The Morgan fingerprint density at radius 3 is 2.53 bits per heavy atom. The molecular formula is C16H17BrFN. The van der Waals surface area contributed by atoms with Crippen LogP contribution in [0.5, 0.6) is 0 Å². The molecule has 2 N–H and O–H groups in total. The van der Waals surface area contributed by atoms with Crippen molar-refractivity contribution in [3.05, 3.63) is 69.9 Å². The van der Waals surface area contributed by atoms with E-state index >= 15 is 0 Å². The van der Waals surface area contributed by atoms with Crippen molar-refractivity contribution < 1.29 is 4.39 Å². The first-order chi connectivity index (χ1) is 9.08. The topological polar surface area (TPSA) is 26.0 Å². The second-order valence-electron chi connectivity index (χ2n) is 4.85. The van der Waals surface area contributed by atoms with Gasteiger partial charge in [0, 0.05) is 10.5 Å². The van der Waals surface area contributed by atoms with Crippen LogP contribution in [0.3, 0.4) is 0 Å². The minimum Gasteiger partial charge on any atom is -0.324 e. The van der Waals surface area contributed by atoms with Gasteiger partial charge in [-0.3, -0.25) is 0 Å². The van der Waals surface area contributed by atoms with Crippen molar-refractivity contribution in [2.24, 2.45) is 11.7 Å². The summed E-state index contributed by atoms with van der Waals surface area (Å²) in [7, 11) is 0. The molecule has 0 spiro atoms. The molecule has 0 fully saturated rings. The number of hydrogen-bond donors (Lipinski definition) is 1. The maximum atomic E-state index is 13.3. The van der Waals surface area contributed by atoms with E-state index in [1.807, 2.05) is 30.3 Å². The Morgan fingerprint density at radius 1 is 1.16 bits per heavy atom. The standard InChI is InChI=1S/C16H17BrFN/c1-11(16(19)12-5-3-2-4-6-12)9-13-10-14(18)7-8-15(13)17/h2-8,10-11,16H,9,19H2,1H3. The third-order valence-corrected chi connectivity index (χ3v) is 4.12. The van der Waals surface area contributed by atoms with Gasteiger partial charge in [0.25, 0.3) is 0 Å². The summed E-state index contributed by atoms with van der Waals surface area (Å²) in [6.07, 6.45) is 0.744. The average Bonchev–Trinajstić information content (AvgIpc) is 2.43. The van der Waals surface area contributed by atoms with Crippen LogP contribution in [0.15, 0.2) is 53.0 Å². The SMILES string of the molecule is CC(Cc1cc(F)ccc1Br)C(N)c1ccccc1. The normalized spacial score (nSPS) is 14.1. The van der Waals surface area contributed by atoms with Gasteiger partial charge in [-0.05, 0) is 41.7 Å². The molecule has 3 heteroatoms. The lowest BCUT2D eigenvalue weighted by Gasteiger charge is -2.21. The number of benzene rings is 2. The fraction of sp³-hybridized carbons (Fsp3) is 0.250. The van der Waals surface area contributed by atoms with E-state index in [0.29, 0.717) is 0 Å². The van der Waals surface area contributed by atoms with Crippen molar-refractivity contribution in [3.63, 3.8) is 0 Å². The van der Waals surface area contributed by atoms with Crippen LogP contribution >= 0.6 is 15.9 Å². The van der Waals surface area contributed by atoms with Gasteiger partial charge >= 0.3 is 0 Å². The Labute approximate surface area is 121 Å². The molecule has 0 radical (unpaired) electrons. The molecule has 2 aromatic rings. The highest BCUT2D eigenvalue weighted by Gasteiger charge is 2.16. The molecule has 0 aliphatic rings. The highest BCUT2D eigenvalue weighted by molar-refractivity contribution is 9.10. The van der Waals surface area contributed by atoms with E-state index in [4.69, 9.17) is 5.73 Å². The van der Waals surface area contributed by atoms with Crippen molar-refractivity contribution in [2.75, 3.05) is 0 Å². The van der Waals surface area contributed by atoms with Crippen molar-refractivity contribution in [2.45, 2.75) is 19.4 Å². The average molecular weight is 322 g/mol. The van der Waals surface area contributed by atoms with Crippen LogP contribution in [0, 0.1) is 11.7 Å². The van der Waals surface area contributed by atoms with Crippen LogP contribution in [0.2, 0.25) is 0 Å². The van der Waals surface area contributed by atoms with Gasteiger partial charge in [-0.2, -0.15) is 0 Å². The van der Waals surface area contributed by atoms with Crippen molar-refractivity contribution >= 4 is 15.9 Å². The fourth-order valence-corrected chi connectivity index (χ4v) is 2.59. The van der Waals surface area contributed by atoms with Crippen LogP contribution in [0.4, 0.5) is 4.39 Å². The number of rotatable bonds is 4. The van der Waals surface area contributed by atoms with Gasteiger partial charge < -0.3 is 5.73 Å². The Morgan fingerprint density at radius 2 is 1.84 bits per heavy atom. The zero-order valence-electron chi connectivity index (χ0n) is 10.8. The Hall–Kier alpha value is -1.19.